The first-order chi connectivity index (χ1) is 4.64. The van der Waals surface area contributed by atoms with Crippen LogP contribution in [0.4, 0.5) is 0 Å². The standard InChI is InChI=1S/C6H14O3Si/c1-7-10(2,3)9-5-6-4-8-6/h6H,4-5H2,1-3H3. The van der Waals surface area contributed by atoms with Crippen LogP contribution in [-0.2, 0) is 13.6 Å². The summed E-state index contributed by atoms with van der Waals surface area (Å²) in [4.78, 5) is 0. The molecule has 4 heteroatoms. The zero-order valence-electron chi connectivity index (χ0n) is 6.72. The zero-order valence-corrected chi connectivity index (χ0v) is 7.72. The molecule has 10 heavy (non-hydrogen) atoms. The van der Waals surface area contributed by atoms with Crippen molar-refractivity contribution in [1.82, 2.24) is 0 Å². The van der Waals surface area contributed by atoms with E-state index in [4.69, 9.17) is 13.6 Å². The van der Waals surface area contributed by atoms with E-state index < -0.39 is 8.56 Å². The van der Waals surface area contributed by atoms with E-state index in [1.165, 1.54) is 0 Å². The van der Waals surface area contributed by atoms with E-state index in [1.54, 1.807) is 7.11 Å². The van der Waals surface area contributed by atoms with Crippen LogP contribution in [0.5, 0.6) is 0 Å². The van der Waals surface area contributed by atoms with Crippen molar-refractivity contribution >= 4 is 8.56 Å². The lowest BCUT2D eigenvalue weighted by Crippen LogP contribution is -2.34. The lowest BCUT2D eigenvalue weighted by Gasteiger charge is -2.19. The van der Waals surface area contributed by atoms with Crippen LogP contribution in [0.15, 0.2) is 0 Å². The van der Waals surface area contributed by atoms with Crippen LogP contribution in [-0.4, -0.2) is 35.0 Å². The summed E-state index contributed by atoms with van der Waals surface area (Å²) in [6.45, 7) is 5.60. The molecule has 1 aliphatic rings. The third kappa shape index (κ3) is 2.79. The monoisotopic (exact) mass is 162 g/mol. The molecule has 1 saturated heterocycles. The summed E-state index contributed by atoms with van der Waals surface area (Å²) in [7, 11) is -0.0856. The van der Waals surface area contributed by atoms with Crippen LogP contribution < -0.4 is 0 Å². The summed E-state index contributed by atoms with van der Waals surface area (Å²) in [5.41, 5.74) is 0. The quantitative estimate of drug-likeness (QED) is 0.451. The minimum absolute atomic E-state index is 0.349. The molecule has 1 rings (SSSR count). The van der Waals surface area contributed by atoms with E-state index in [2.05, 4.69) is 0 Å². The first-order valence-electron chi connectivity index (χ1n) is 3.45. The Kier molecular flexibility index (Phi) is 2.46. The average Bonchev–Trinajstić information content (AvgIpc) is 2.66. The Labute approximate surface area is 62.5 Å². The van der Waals surface area contributed by atoms with E-state index in [-0.39, 0.29) is 0 Å². The Morgan fingerprint density at radius 1 is 1.60 bits per heavy atom. The van der Waals surface area contributed by atoms with E-state index in [0.717, 1.165) is 6.61 Å². The molecule has 0 N–H and O–H groups in total. The Morgan fingerprint density at radius 2 is 2.20 bits per heavy atom. The summed E-state index contributed by atoms with van der Waals surface area (Å²) >= 11 is 0. The molecular formula is C6H14O3Si. The van der Waals surface area contributed by atoms with E-state index >= 15 is 0 Å². The average molecular weight is 162 g/mol. The molecule has 60 valence electrons. The lowest BCUT2D eigenvalue weighted by molar-refractivity contribution is 0.190. The van der Waals surface area contributed by atoms with Crippen molar-refractivity contribution in [3.05, 3.63) is 0 Å². The maximum absolute atomic E-state index is 5.49. The van der Waals surface area contributed by atoms with Gasteiger partial charge in [0.25, 0.3) is 0 Å². The summed E-state index contributed by atoms with van der Waals surface area (Å²) in [6.07, 6.45) is 0.349. The van der Waals surface area contributed by atoms with Crippen molar-refractivity contribution in [2.24, 2.45) is 0 Å². The minimum Gasteiger partial charge on any atom is -0.398 e. The van der Waals surface area contributed by atoms with Crippen LogP contribution in [0.25, 0.3) is 0 Å². The highest BCUT2D eigenvalue weighted by Gasteiger charge is 2.29. The van der Waals surface area contributed by atoms with E-state index in [1.807, 2.05) is 13.1 Å². The number of hydrogen-bond acceptors (Lipinski definition) is 3. The first kappa shape index (κ1) is 8.20. The number of rotatable bonds is 4. The zero-order chi connectivity index (χ0) is 7.61. The van der Waals surface area contributed by atoms with Gasteiger partial charge in [-0.25, -0.2) is 0 Å². The highest BCUT2D eigenvalue weighted by molar-refractivity contribution is 6.64. The van der Waals surface area contributed by atoms with Gasteiger partial charge in [-0.05, 0) is 13.1 Å². The molecule has 0 aliphatic carbocycles. The minimum atomic E-state index is -1.78. The molecule has 0 aromatic rings. The van der Waals surface area contributed by atoms with Crippen LogP contribution >= 0.6 is 0 Å². The molecule has 0 spiro atoms. The van der Waals surface area contributed by atoms with Gasteiger partial charge in [-0.1, -0.05) is 0 Å². The van der Waals surface area contributed by atoms with Gasteiger partial charge >= 0.3 is 8.56 Å². The molecule has 1 heterocycles. The van der Waals surface area contributed by atoms with Crippen molar-refractivity contribution in [2.75, 3.05) is 20.3 Å². The van der Waals surface area contributed by atoms with Crippen molar-refractivity contribution in [3.8, 4) is 0 Å². The first-order valence-corrected chi connectivity index (χ1v) is 6.26. The topological polar surface area (TPSA) is 31.0 Å². The van der Waals surface area contributed by atoms with E-state index in [0.29, 0.717) is 12.7 Å². The predicted molar refractivity (Wildman–Crippen MR) is 40.2 cm³/mol. The number of hydrogen-bond donors (Lipinski definition) is 0. The predicted octanol–water partition coefficient (Wildman–Crippen LogP) is 0.750. The second-order valence-corrected chi connectivity index (χ2v) is 6.37. The molecule has 0 saturated carbocycles. The van der Waals surface area contributed by atoms with E-state index in [9.17, 15) is 0 Å². The molecule has 0 amide bonds. The fourth-order valence-corrected chi connectivity index (χ4v) is 1.22. The van der Waals surface area contributed by atoms with Gasteiger partial charge in [0.1, 0.15) is 6.10 Å². The third-order valence-corrected chi connectivity index (χ3v) is 3.36. The Morgan fingerprint density at radius 3 is 2.60 bits per heavy atom. The number of epoxide rings is 1. The Bertz CT molecular complexity index is 112. The Balaban J connectivity index is 2.09. The third-order valence-electron chi connectivity index (χ3n) is 1.51. The van der Waals surface area contributed by atoms with Crippen molar-refractivity contribution < 1.29 is 13.6 Å². The molecule has 0 bridgehead atoms. The molecule has 0 aromatic heterocycles. The van der Waals surface area contributed by atoms with Crippen molar-refractivity contribution in [3.63, 3.8) is 0 Å². The van der Waals surface area contributed by atoms with Crippen LogP contribution in [0.3, 0.4) is 0 Å². The highest BCUT2D eigenvalue weighted by atomic mass is 28.4. The molecular weight excluding hydrogens is 148 g/mol. The van der Waals surface area contributed by atoms with Gasteiger partial charge in [0.2, 0.25) is 0 Å². The van der Waals surface area contributed by atoms with Gasteiger partial charge in [-0.3, -0.25) is 0 Å². The summed E-state index contributed by atoms with van der Waals surface area (Å²) < 4.78 is 15.7. The summed E-state index contributed by atoms with van der Waals surface area (Å²) in [5.74, 6) is 0. The normalized spacial score (nSPS) is 24.9. The molecule has 1 aliphatic heterocycles. The van der Waals surface area contributed by atoms with Crippen LogP contribution in [0, 0.1) is 0 Å². The Hall–Kier alpha value is 0.0969. The van der Waals surface area contributed by atoms with Crippen molar-refractivity contribution in [1.29, 1.82) is 0 Å². The molecule has 0 aromatic carbocycles. The summed E-state index contributed by atoms with van der Waals surface area (Å²) in [6, 6.07) is 0. The van der Waals surface area contributed by atoms with Gasteiger partial charge < -0.3 is 13.6 Å². The van der Waals surface area contributed by atoms with Gasteiger partial charge in [-0.15, -0.1) is 0 Å². The smallest absolute Gasteiger partial charge is 0.331 e. The number of ether oxygens (including phenoxy) is 1. The second kappa shape index (κ2) is 3.00. The largest absolute Gasteiger partial charge is 0.398 e. The van der Waals surface area contributed by atoms with Crippen molar-refractivity contribution in [2.45, 2.75) is 19.2 Å². The molecule has 1 unspecified atom stereocenters. The fourth-order valence-electron chi connectivity index (χ4n) is 0.517. The molecule has 1 atom stereocenters. The SMILES string of the molecule is CO[Si](C)(C)OCC1CO1. The van der Waals surface area contributed by atoms with Crippen LogP contribution in [0.2, 0.25) is 13.1 Å². The maximum atomic E-state index is 5.49. The molecule has 1 fully saturated rings. The lowest BCUT2D eigenvalue weighted by atomic mass is 10.5. The second-order valence-electron chi connectivity index (χ2n) is 2.87. The van der Waals surface area contributed by atoms with Gasteiger partial charge in [0, 0.05) is 7.11 Å². The summed E-state index contributed by atoms with van der Waals surface area (Å²) in [5, 5.41) is 0. The van der Waals surface area contributed by atoms with Gasteiger partial charge in [0.05, 0.1) is 13.2 Å². The fraction of sp³-hybridized carbons (Fsp3) is 1.00. The van der Waals surface area contributed by atoms with Gasteiger partial charge in [0.15, 0.2) is 0 Å². The maximum Gasteiger partial charge on any atom is 0.331 e. The van der Waals surface area contributed by atoms with Crippen LogP contribution in [0.1, 0.15) is 0 Å². The van der Waals surface area contributed by atoms with Gasteiger partial charge in [-0.2, -0.15) is 0 Å². The highest BCUT2D eigenvalue weighted by Crippen LogP contribution is 2.12. The molecule has 0 radical (unpaired) electrons. The molecule has 3 nitrogen and oxygen atoms in total.